The van der Waals surface area contributed by atoms with Crippen molar-refractivity contribution in [1.82, 2.24) is 19.2 Å². The van der Waals surface area contributed by atoms with Crippen LogP contribution in [0.25, 0.3) is 22.3 Å². The Balaban J connectivity index is 1.14. The molecule has 1 N–H and O–H groups in total. The topological polar surface area (TPSA) is 167 Å². The Hall–Kier alpha value is -5.04. The number of rotatable bonds is 22. The molecule has 60 heavy (non-hydrogen) atoms. The van der Waals surface area contributed by atoms with E-state index in [9.17, 15) is 26.9 Å². The van der Waals surface area contributed by atoms with Crippen LogP contribution in [-0.2, 0) is 46.4 Å². The molecule has 2 aromatic heterocycles. The molecule has 0 spiro atoms. The zero-order valence-electron chi connectivity index (χ0n) is 32.6. The van der Waals surface area contributed by atoms with Gasteiger partial charge in [0, 0.05) is 50.0 Å². The van der Waals surface area contributed by atoms with Gasteiger partial charge in [0.25, 0.3) is 10.0 Å². The van der Waals surface area contributed by atoms with Crippen molar-refractivity contribution in [3.8, 4) is 39.8 Å². The maximum Gasteiger partial charge on any atom is 0.416 e. The molecule has 0 amide bonds. The van der Waals surface area contributed by atoms with Gasteiger partial charge in [-0.2, -0.15) is 22.8 Å². The van der Waals surface area contributed by atoms with Gasteiger partial charge in [0.15, 0.2) is 0 Å². The van der Waals surface area contributed by atoms with E-state index in [1.54, 1.807) is 43.6 Å². The van der Waals surface area contributed by atoms with Crippen LogP contribution in [0, 0.1) is 11.3 Å². The lowest BCUT2D eigenvalue weighted by molar-refractivity contribution is -0.137. The van der Waals surface area contributed by atoms with E-state index in [1.807, 2.05) is 12.1 Å². The molecule has 318 valence electrons. The number of nitriles is 1. The minimum atomic E-state index is -4.54. The highest BCUT2D eigenvalue weighted by Crippen LogP contribution is 2.40. The first kappa shape index (κ1) is 44.5. The van der Waals surface area contributed by atoms with E-state index in [2.05, 4.69) is 24.0 Å². The standard InChI is InChI=1S/C41H43F3N6O8S2/c1-53-13-14-54-15-16-55-17-18-56-19-20-57-35-10-12-50(27-35)26-34-22-31(9-11-46-34)37-24-30(29-3-2-4-33(21-29)41(42,43)44)5-7-39(37)58-38-8-6-36(23-32(38)25-45)60(51,52)49-40-47-28-48-59-40/h2-9,11,21-24,28,35H,10,12-20,26-27H2,1H3,(H,47,48,49). The Morgan fingerprint density at radius 3 is 2.32 bits per heavy atom. The molecule has 1 saturated heterocycles. The summed E-state index contributed by atoms with van der Waals surface area (Å²) >= 11 is 0.856. The number of sulfonamides is 1. The van der Waals surface area contributed by atoms with E-state index >= 15 is 0 Å². The monoisotopic (exact) mass is 868 g/mol. The predicted molar refractivity (Wildman–Crippen MR) is 216 cm³/mol. The molecule has 14 nitrogen and oxygen atoms in total. The van der Waals surface area contributed by atoms with Crippen molar-refractivity contribution in [2.45, 2.75) is 30.1 Å². The van der Waals surface area contributed by atoms with Gasteiger partial charge in [-0.15, -0.1) is 0 Å². The van der Waals surface area contributed by atoms with Gasteiger partial charge < -0.3 is 28.4 Å². The zero-order valence-corrected chi connectivity index (χ0v) is 34.2. The molecule has 0 radical (unpaired) electrons. The van der Waals surface area contributed by atoms with Crippen molar-refractivity contribution in [2.24, 2.45) is 0 Å². The van der Waals surface area contributed by atoms with E-state index in [0.717, 1.165) is 42.3 Å². The van der Waals surface area contributed by atoms with Gasteiger partial charge in [-0.1, -0.05) is 18.2 Å². The van der Waals surface area contributed by atoms with Crippen LogP contribution >= 0.6 is 11.5 Å². The molecule has 1 fully saturated rings. The van der Waals surface area contributed by atoms with Crippen molar-refractivity contribution in [3.05, 3.63) is 102 Å². The fourth-order valence-corrected chi connectivity index (χ4v) is 7.95. The molecule has 1 unspecified atom stereocenters. The molecule has 0 aliphatic carbocycles. The van der Waals surface area contributed by atoms with Crippen LogP contribution in [0.5, 0.6) is 11.5 Å². The third-order valence-electron chi connectivity index (χ3n) is 9.19. The predicted octanol–water partition coefficient (Wildman–Crippen LogP) is 7.04. The van der Waals surface area contributed by atoms with Gasteiger partial charge in [-0.3, -0.25) is 14.6 Å². The molecular formula is C41H43F3N6O8S2. The second-order valence-corrected chi connectivity index (χ2v) is 15.9. The SMILES string of the molecule is COCCOCCOCCOCCOC1CCN(Cc2cc(-c3cc(-c4cccc(C(F)(F)F)c4)ccc3Oc3ccc(S(=O)(=O)Nc4ncns4)cc3C#N)ccn2)C1. The average Bonchev–Trinajstić information content (AvgIpc) is 3.93. The van der Waals surface area contributed by atoms with Gasteiger partial charge in [0.05, 0.1) is 80.7 Å². The van der Waals surface area contributed by atoms with Gasteiger partial charge in [-0.25, -0.2) is 13.4 Å². The third kappa shape index (κ3) is 12.7. The lowest BCUT2D eigenvalue weighted by atomic mass is 9.97. The number of anilines is 1. The quantitative estimate of drug-likeness (QED) is 0.0705. The number of pyridine rings is 1. The summed E-state index contributed by atoms with van der Waals surface area (Å²) < 4.78 is 107. The second kappa shape index (κ2) is 21.5. The fourth-order valence-electron chi connectivity index (χ4n) is 6.26. The molecule has 3 heterocycles. The Bertz CT molecular complexity index is 2310. The number of aromatic nitrogens is 3. The minimum absolute atomic E-state index is 0.0253. The fraction of sp³-hybridized carbons (Fsp3) is 0.366. The summed E-state index contributed by atoms with van der Waals surface area (Å²) in [5.41, 5.74) is 1.88. The van der Waals surface area contributed by atoms with Crippen molar-refractivity contribution >= 4 is 26.7 Å². The molecule has 6 rings (SSSR count). The molecule has 0 saturated carbocycles. The third-order valence-corrected chi connectivity index (χ3v) is 11.2. The number of benzene rings is 3. The smallest absolute Gasteiger partial charge is 0.416 e. The number of nitrogens with zero attached hydrogens (tertiary/aromatic N) is 5. The van der Waals surface area contributed by atoms with Gasteiger partial charge in [0.2, 0.25) is 5.13 Å². The molecule has 19 heteroatoms. The number of halogens is 3. The molecule has 1 aliphatic heterocycles. The van der Waals surface area contributed by atoms with Gasteiger partial charge in [-0.05, 0) is 77.7 Å². The van der Waals surface area contributed by atoms with E-state index in [0.29, 0.717) is 88.2 Å². The first-order valence-corrected chi connectivity index (χ1v) is 21.1. The summed E-state index contributed by atoms with van der Waals surface area (Å²) in [6, 6.07) is 19.5. The van der Waals surface area contributed by atoms with Crippen molar-refractivity contribution in [2.75, 3.05) is 77.8 Å². The Kier molecular flexibility index (Phi) is 15.9. The minimum Gasteiger partial charge on any atom is -0.455 e. The highest BCUT2D eigenvalue weighted by molar-refractivity contribution is 7.93. The Morgan fingerprint density at radius 2 is 1.60 bits per heavy atom. The first-order valence-electron chi connectivity index (χ1n) is 18.9. The van der Waals surface area contributed by atoms with Gasteiger partial charge in [0.1, 0.15) is 23.9 Å². The first-order chi connectivity index (χ1) is 29.0. The molecule has 3 aromatic carbocycles. The number of hydrogen-bond donors (Lipinski definition) is 1. The second-order valence-electron chi connectivity index (χ2n) is 13.4. The summed E-state index contributed by atoms with van der Waals surface area (Å²) in [6.07, 6.45) is -0.815. The zero-order chi connectivity index (χ0) is 42.4. The summed E-state index contributed by atoms with van der Waals surface area (Å²) in [6.45, 7) is 5.87. The van der Waals surface area contributed by atoms with E-state index < -0.39 is 21.8 Å². The van der Waals surface area contributed by atoms with E-state index in [-0.39, 0.29) is 33.2 Å². The molecule has 0 bridgehead atoms. The Morgan fingerprint density at radius 1 is 0.867 bits per heavy atom. The van der Waals surface area contributed by atoms with Crippen LogP contribution < -0.4 is 9.46 Å². The summed E-state index contributed by atoms with van der Waals surface area (Å²) in [4.78, 5) is 10.5. The lowest BCUT2D eigenvalue weighted by Crippen LogP contribution is -2.24. The summed E-state index contributed by atoms with van der Waals surface area (Å²) in [5.74, 6) is 0.341. The van der Waals surface area contributed by atoms with Crippen LogP contribution in [0.3, 0.4) is 0 Å². The largest absolute Gasteiger partial charge is 0.455 e. The molecule has 5 aromatic rings. The van der Waals surface area contributed by atoms with Crippen molar-refractivity contribution in [3.63, 3.8) is 0 Å². The Labute approximate surface area is 350 Å². The number of likely N-dealkylation sites (tertiary alicyclic amines) is 1. The van der Waals surface area contributed by atoms with Crippen LogP contribution in [0.1, 0.15) is 23.2 Å². The van der Waals surface area contributed by atoms with Crippen molar-refractivity contribution in [1.29, 1.82) is 5.26 Å². The van der Waals surface area contributed by atoms with Crippen LogP contribution in [0.2, 0.25) is 0 Å². The van der Waals surface area contributed by atoms with Crippen molar-refractivity contribution < 1.29 is 50.0 Å². The molecule has 1 aliphatic rings. The summed E-state index contributed by atoms with van der Waals surface area (Å²) in [5, 5.41) is 10.1. The van der Waals surface area contributed by atoms with Gasteiger partial charge >= 0.3 is 6.18 Å². The molecule has 1 atom stereocenters. The lowest BCUT2D eigenvalue weighted by Gasteiger charge is -2.18. The van der Waals surface area contributed by atoms with E-state index in [4.69, 9.17) is 28.4 Å². The maximum absolute atomic E-state index is 13.7. The summed E-state index contributed by atoms with van der Waals surface area (Å²) in [7, 11) is -2.48. The number of nitrogens with one attached hydrogen (secondary N) is 1. The van der Waals surface area contributed by atoms with Crippen LogP contribution in [0.4, 0.5) is 18.3 Å². The number of methoxy groups -OCH3 is 1. The maximum atomic E-state index is 13.7. The number of hydrogen-bond acceptors (Lipinski definition) is 14. The molecular weight excluding hydrogens is 826 g/mol. The highest BCUT2D eigenvalue weighted by atomic mass is 32.2. The normalized spacial score (nSPS) is 14.6. The van der Waals surface area contributed by atoms with Crippen LogP contribution in [0.15, 0.2) is 90.2 Å². The van der Waals surface area contributed by atoms with E-state index in [1.165, 1.54) is 30.6 Å². The highest BCUT2D eigenvalue weighted by Gasteiger charge is 2.30. The van der Waals surface area contributed by atoms with Crippen LogP contribution in [-0.4, -0.2) is 107 Å². The number of ether oxygens (including phenoxy) is 6. The number of alkyl halides is 3. The average molecular weight is 869 g/mol.